The summed E-state index contributed by atoms with van der Waals surface area (Å²) in [4.78, 5) is 29.8. The monoisotopic (exact) mass is 500 g/mol. The van der Waals surface area contributed by atoms with Crippen molar-refractivity contribution in [3.63, 3.8) is 0 Å². The molecule has 2 heterocycles. The summed E-state index contributed by atoms with van der Waals surface area (Å²) in [6.07, 6.45) is 8.60. The van der Waals surface area contributed by atoms with Crippen molar-refractivity contribution in [1.29, 1.82) is 0 Å². The van der Waals surface area contributed by atoms with Gasteiger partial charge in [-0.15, -0.1) is 0 Å². The van der Waals surface area contributed by atoms with Gasteiger partial charge in [-0.05, 0) is 67.1 Å². The third-order valence-corrected chi connectivity index (χ3v) is 6.71. The lowest BCUT2D eigenvalue weighted by molar-refractivity contribution is 0.101. The number of aryl methyl sites for hydroxylation is 1. The molecule has 8 nitrogen and oxygen atoms in total. The number of aromatic nitrogens is 4. The molecule has 4 aromatic rings. The summed E-state index contributed by atoms with van der Waals surface area (Å²) >= 11 is 0. The highest BCUT2D eigenvalue weighted by Gasteiger charge is 2.25. The second kappa shape index (κ2) is 10.5. The number of hydrogen-bond donors (Lipinski definition) is 2. The molecule has 0 saturated heterocycles. The number of nitrogens with one attached hydrogen (secondary N) is 1. The van der Waals surface area contributed by atoms with Crippen molar-refractivity contribution < 1.29 is 9.18 Å². The Labute approximate surface area is 214 Å². The average molecular weight is 501 g/mol. The number of anilines is 1. The van der Waals surface area contributed by atoms with Gasteiger partial charge in [0.15, 0.2) is 0 Å². The molecule has 2 aromatic heterocycles. The number of carbonyl (C=O) groups is 1. The normalized spacial score (nSPS) is 13.9. The Balaban J connectivity index is 1.46. The van der Waals surface area contributed by atoms with E-state index in [4.69, 9.17) is 5.73 Å². The van der Waals surface area contributed by atoms with E-state index in [-0.39, 0.29) is 23.0 Å². The highest BCUT2D eigenvalue weighted by Crippen LogP contribution is 2.37. The lowest BCUT2D eigenvalue weighted by atomic mass is 9.99. The first-order valence-electron chi connectivity index (χ1n) is 12.4. The topological polar surface area (TPSA) is 108 Å². The minimum absolute atomic E-state index is 0.0436. The molecule has 1 saturated carbocycles. The molecule has 37 heavy (non-hydrogen) atoms. The van der Waals surface area contributed by atoms with E-state index in [9.17, 15) is 14.0 Å². The van der Waals surface area contributed by atoms with Gasteiger partial charge in [0.2, 0.25) is 0 Å². The van der Waals surface area contributed by atoms with Gasteiger partial charge in [-0.3, -0.25) is 14.6 Å². The highest BCUT2D eigenvalue weighted by molar-refractivity contribution is 6.03. The zero-order valence-electron chi connectivity index (χ0n) is 20.6. The lowest BCUT2D eigenvalue weighted by Crippen LogP contribution is -2.25. The fourth-order valence-corrected chi connectivity index (χ4v) is 4.59. The van der Waals surface area contributed by atoms with Crippen LogP contribution in [-0.4, -0.2) is 25.2 Å². The molecule has 1 aliphatic carbocycles. The largest absolute Gasteiger partial charge is 0.326 e. The van der Waals surface area contributed by atoms with Crippen molar-refractivity contribution in [3.05, 3.63) is 106 Å². The van der Waals surface area contributed by atoms with Crippen molar-refractivity contribution in [2.75, 3.05) is 5.32 Å². The number of carbonyl (C=O) groups excluding carboxylic acids is 1. The molecule has 0 bridgehead atoms. The van der Waals surface area contributed by atoms with Crippen LogP contribution >= 0.6 is 0 Å². The fraction of sp³-hybridized carbons (Fsp3) is 0.286. The smallest absolute Gasteiger partial charge is 0.274 e. The molecule has 9 heteroatoms. The molecule has 3 N–H and O–H groups in total. The summed E-state index contributed by atoms with van der Waals surface area (Å²) in [7, 11) is 0. The molecule has 1 fully saturated rings. The second-order valence-electron chi connectivity index (χ2n) is 9.51. The van der Waals surface area contributed by atoms with Crippen molar-refractivity contribution >= 4 is 11.6 Å². The molecule has 190 valence electrons. The van der Waals surface area contributed by atoms with Crippen LogP contribution in [0.4, 0.5) is 10.1 Å². The standard InChI is InChI=1S/C28H29FN6O2/c1-18-13-26(35(33-18)22-4-2-3-20(14-22)16-30)28(37)32-24-15-21(8-9-23(24)29)25(10-7-19-5-6-19)34-12-11-31-17-27(34)36/h2-4,8-9,11-15,17,19,25H,5-7,10,16,30H2,1H3,(H,32,37). The van der Waals surface area contributed by atoms with Crippen LogP contribution in [0.15, 0.2) is 71.9 Å². The quantitative estimate of drug-likeness (QED) is 0.355. The fourth-order valence-electron chi connectivity index (χ4n) is 4.59. The van der Waals surface area contributed by atoms with E-state index in [0.29, 0.717) is 23.8 Å². The Morgan fingerprint density at radius 2 is 2.05 bits per heavy atom. The Morgan fingerprint density at radius 3 is 2.81 bits per heavy atom. The maximum atomic E-state index is 14.9. The molecule has 1 unspecified atom stereocenters. The van der Waals surface area contributed by atoms with Crippen LogP contribution in [0, 0.1) is 18.7 Å². The van der Waals surface area contributed by atoms with Gasteiger partial charge in [0.05, 0.1) is 29.3 Å². The van der Waals surface area contributed by atoms with Gasteiger partial charge in [-0.25, -0.2) is 9.07 Å². The van der Waals surface area contributed by atoms with E-state index in [1.54, 1.807) is 42.1 Å². The molecule has 2 aromatic carbocycles. The lowest BCUT2D eigenvalue weighted by Gasteiger charge is -2.21. The molecular formula is C28H29FN6O2. The second-order valence-corrected chi connectivity index (χ2v) is 9.51. The maximum absolute atomic E-state index is 14.9. The molecule has 1 amide bonds. The summed E-state index contributed by atoms with van der Waals surface area (Å²) in [6.45, 7) is 2.15. The Bertz CT molecular complexity index is 1490. The molecular weight excluding hydrogens is 471 g/mol. The van der Waals surface area contributed by atoms with Crippen molar-refractivity contribution in [3.8, 4) is 5.69 Å². The van der Waals surface area contributed by atoms with Gasteiger partial charge in [-0.1, -0.05) is 31.0 Å². The van der Waals surface area contributed by atoms with Crippen LogP contribution in [-0.2, 0) is 6.54 Å². The summed E-state index contributed by atoms with van der Waals surface area (Å²) in [5.74, 6) is -0.389. The summed E-state index contributed by atoms with van der Waals surface area (Å²) in [6, 6.07) is 13.4. The van der Waals surface area contributed by atoms with E-state index < -0.39 is 11.7 Å². The molecule has 0 radical (unpaired) electrons. The number of nitrogens with zero attached hydrogens (tertiary/aromatic N) is 4. The van der Waals surface area contributed by atoms with Gasteiger partial charge in [0.25, 0.3) is 11.5 Å². The summed E-state index contributed by atoms with van der Waals surface area (Å²) < 4.78 is 18.1. The first kappa shape index (κ1) is 24.6. The number of rotatable bonds is 9. The zero-order chi connectivity index (χ0) is 25.9. The first-order chi connectivity index (χ1) is 17.9. The van der Waals surface area contributed by atoms with Crippen LogP contribution in [0.3, 0.4) is 0 Å². The van der Waals surface area contributed by atoms with E-state index >= 15 is 0 Å². The zero-order valence-corrected chi connectivity index (χ0v) is 20.6. The summed E-state index contributed by atoms with van der Waals surface area (Å²) in [5.41, 5.74) is 8.84. The molecule has 1 aliphatic rings. The predicted octanol–water partition coefficient (Wildman–Crippen LogP) is 4.37. The SMILES string of the molecule is Cc1cc(C(=O)Nc2cc(C(CCC3CC3)n3ccncc3=O)ccc2F)n(-c2cccc(CN)c2)n1. The third-order valence-electron chi connectivity index (χ3n) is 6.71. The maximum Gasteiger partial charge on any atom is 0.274 e. The number of benzene rings is 2. The van der Waals surface area contributed by atoms with E-state index in [2.05, 4.69) is 15.4 Å². The van der Waals surface area contributed by atoms with Gasteiger partial charge in [-0.2, -0.15) is 5.10 Å². The van der Waals surface area contributed by atoms with E-state index in [1.807, 2.05) is 24.3 Å². The Kier molecular flexibility index (Phi) is 6.96. The average Bonchev–Trinajstić information content (AvgIpc) is 3.65. The molecule has 0 aliphatic heterocycles. The van der Waals surface area contributed by atoms with Gasteiger partial charge in [0.1, 0.15) is 11.5 Å². The predicted molar refractivity (Wildman–Crippen MR) is 139 cm³/mol. The van der Waals surface area contributed by atoms with Crippen LogP contribution < -0.4 is 16.6 Å². The molecule has 5 rings (SSSR count). The molecule has 0 spiro atoms. The van der Waals surface area contributed by atoms with Gasteiger partial charge >= 0.3 is 0 Å². The van der Waals surface area contributed by atoms with Gasteiger partial charge < -0.3 is 15.6 Å². The van der Waals surface area contributed by atoms with Crippen molar-refractivity contribution in [2.24, 2.45) is 11.7 Å². The van der Waals surface area contributed by atoms with Gasteiger partial charge in [0, 0.05) is 18.9 Å². The molecule has 1 atom stereocenters. The van der Waals surface area contributed by atoms with Crippen LogP contribution in [0.25, 0.3) is 5.69 Å². The summed E-state index contributed by atoms with van der Waals surface area (Å²) in [5, 5.41) is 7.18. The highest BCUT2D eigenvalue weighted by atomic mass is 19.1. The first-order valence-corrected chi connectivity index (χ1v) is 12.4. The Hall–Kier alpha value is -4.11. The number of halogens is 1. The van der Waals surface area contributed by atoms with Crippen molar-refractivity contribution in [2.45, 2.75) is 45.2 Å². The van der Waals surface area contributed by atoms with Crippen LogP contribution in [0.1, 0.15) is 59.0 Å². The minimum Gasteiger partial charge on any atom is -0.326 e. The van der Waals surface area contributed by atoms with Crippen LogP contribution in [0.5, 0.6) is 0 Å². The van der Waals surface area contributed by atoms with E-state index in [0.717, 1.165) is 24.0 Å². The Morgan fingerprint density at radius 1 is 1.22 bits per heavy atom. The van der Waals surface area contributed by atoms with Crippen molar-refractivity contribution in [1.82, 2.24) is 19.3 Å². The number of nitrogens with two attached hydrogens (primary N) is 1. The number of amides is 1. The third kappa shape index (κ3) is 5.51. The van der Waals surface area contributed by atoms with E-state index in [1.165, 1.54) is 29.8 Å². The van der Waals surface area contributed by atoms with Crippen LogP contribution in [0.2, 0.25) is 0 Å². The minimum atomic E-state index is -0.562. The number of hydrogen-bond acceptors (Lipinski definition) is 5.